The standard InChI is InChI=1S/C24H17ClF5N5O4/c1-4-33-18(10-39-22(37)24(28,29)30)31-34(23(33)38)17-9-13-12(8-16(17)27)19(11(2)3)32-35(21(13)36)20-14(25)6-5-7-15(20)26/h5-9H,2,4,10H2,1,3H3. The topological polar surface area (TPSA) is 101 Å². The number of aromatic nitrogens is 5. The summed E-state index contributed by atoms with van der Waals surface area (Å²) in [5, 5.41) is 7.58. The number of fused-ring (bicyclic) bond motifs is 1. The van der Waals surface area contributed by atoms with E-state index in [9.17, 15) is 31.9 Å². The van der Waals surface area contributed by atoms with Crippen molar-refractivity contribution in [1.29, 1.82) is 0 Å². The Morgan fingerprint density at radius 3 is 2.36 bits per heavy atom. The van der Waals surface area contributed by atoms with Crippen molar-refractivity contribution >= 4 is 33.9 Å². The van der Waals surface area contributed by atoms with E-state index in [1.54, 1.807) is 0 Å². The Morgan fingerprint density at radius 2 is 1.77 bits per heavy atom. The average molecular weight is 570 g/mol. The Balaban J connectivity index is 1.96. The van der Waals surface area contributed by atoms with Crippen LogP contribution in [0.3, 0.4) is 0 Å². The smallest absolute Gasteiger partial charge is 0.451 e. The molecule has 0 bridgehead atoms. The van der Waals surface area contributed by atoms with Crippen LogP contribution in [0.15, 0.2) is 46.5 Å². The molecule has 9 nitrogen and oxygen atoms in total. The van der Waals surface area contributed by atoms with E-state index in [-0.39, 0.29) is 39.3 Å². The van der Waals surface area contributed by atoms with Crippen LogP contribution >= 0.6 is 11.6 Å². The Labute approximate surface area is 220 Å². The highest BCUT2D eigenvalue weighted by Crippen LogP contribution is 2.27. The lowest BCUT2D eigenvalue weighted by atomic mass is 10.1. The van der Waals surface area contributed by atoms with Crippen molar-refractivity contribution in [1.82, 2.24) is 24.1 Å². The van der Waals surface area contributed by atoms with Crippen LogP contribution in [-0.4, -0.2) is 36.3 Å². The number of halogens is 6. The summed E-state index contributed by atoms with van der Waals surface area (Å²) in [6.45, 7) is 5.60. The summed E-state index contributed by atoms with van der Waals surface area (Å²) in [5.41, 5.74) is -2.52. The second-order valence-electron chi connectivity index (χ2n) is 8.19. The molecule has 0 saturated carbocycles. The molecule has 2 heterocycles. The van der Waals surface area contributed by atoms with Crippen LogP contribution in [0, 0.1) is 11.6 Å². The van der Waals surface area contributed by atoms with Crippen LogP contribution in [0.25, 0.3) is 27.7 Å². The Morgan fingerprint density at radius 1 is 1.08 bits per heavy atom. The summed E-state index contributed by atoms with van der Waals surface area (Å²) < 4.78 is 73.8. The monoisotopic (exact) mass is 569 g/mol. The van der Waals surface area contributed by atoms with Gasteiger partial charge in [-0.2, -0.15) is 27.6 Å². The van der Waals surface area contributed by atoms with Gasteiger partial charge in [0.2, 0.25) is 0 Å². The SMILES string of the molecule is C=C(C)c1nn(-c2c(F)cccc2Cl)c(=O)c2cc(-n3nc(COC(=O)C(F)(F)F)n(CC)c3=O)c(F)cc12. The second kappa shape index (κ2) is 10.1. The van der Waals surface area contributed by atoms with Gasteiger partial charge in [-0.3, -0.25) is 9.36 Å². The molecule has 0 saturated heterocycles. The maximum absolute atomic E-state index is 15.3. The van der Waals surface area contributed by atoms with Crippen LogP contribution in [-0.2, 0) is 22.7 Å². The lowest BCUT2D eigenvalue weighted by Crippen LogP contribution is -2.27. The first-order chi connectivity index (χ1) is 18.3. The number of alkyl halides is 3. The minimum absolute atomic E-state index is 0.0141. The van der Waals surface area contributed by atoms with Crippen molar-refractivity contribution in [3.05, 3.63) is 85.9 Å². The van der Waals surface area contributed by atoms with E-state index >= 15 is 4.39 Å². The summed E-state index contributed by atoms with van der Waals surface area (Å²) in [7, 11) is 0. The van der Waals surface area contributed by atoms with Gasteiger partial charge in [-0.25, -0.2) is 18.4 Å². The van der Waals surface area contributed by atoms with Crippen LogP contribution in [0.2, 0.25) is 5.02 Å². The fourth-order valence-corrected chi connectivity index (χ4v) is 4.04. The number of carbonyl (C=O) groups is 1. The number of esters is 1. The minimum atomic E-state index is -5.28. The van der Waals surface area contributed by atoms with E-state index in [4.69, 9.17) is 11.6 Å². The Hall–Kier alpha value is -4.33. The van der Waals surface area contributed by atoms with Crippen molar-refractivity contribution in [2.75, 3.05) is 0 Å². The molecule has 0 N–H and O–H groups in total. The molecule has 0 fully saturated rings. The van der Waals surface area contributed by atoms with Crippen molar-refractivity contribution in [3.63, 3.8) is 0 Å². The van der Waals surface area contributed by atoms with Gasteiger partial charge in [0.05, 0.1) is 16.1 Å². The summed E-state index contributed by atoms with van der Waals surface area (Å²) >= 11 is 6.12. The fraction of sp³-hybridized carbons (Fsp3) is 0.208. The highest BCUT2D eigenvalue weighted by atomic mass is 35.5. The molecule has 4 aromatic rings. The van der Waals surface area contributed by atoms with Gasteiger partial charge in [0.25, 0.3) is 5.56 Å². The van der Waals surface area contributed by atoms with Crippen LogP contribution < -0.4 is 11.2 Å². The lowest BCUT2D eigenvalue weighted by Gasteiger charge is -2.14. The molecule has 0 spiro atoms. The number of nitrogens with zero attached hydrogens (tertiary/aromatic N) is 5. The first kappa shape index (κ1) is 27.7. The second-order valence-corrected chi connectivity index (χ2v) is 8.60. The number of ether oxygens (including phenoxy) is 1. The first-order valence-corrected chi connectivity index (χ1v) is 11.4. The van der Waals surface area contributed by atoms with Crippen molar-refractivity contribution in [3.8, 4) is 11.4 Å². The van der Waals surface area contributed by atoms with E-state index in [0.29, 0.717) is 9.36 Å². The molecule has 39 heavy (non-hydrogen) atoms. The number of hydrogen-bond acceptors (Lipinski definition) is 6. The number of allylic oxidation sites excluding steroid dienone is 1. The molecule has 204 valence electrons. The van der Waals surface area contributed by atoms with Gasteiger partial charge in [-0.05, 0) is 43.7 Å². The lowest BCUT2D eigenvalue weighted by molar-refractivity contribution is -0.201. The molecule has 0 atom stereocenters. The third-order valence-corrected chi connectivity index (χ3v) is 5.87. The summed E-state index contributed by atoms with van der Waals surface area (Å²) in [5.74, 6) is -4.83. The average Bonchev–Trinajstić information content (AvgIpc) is 3.17. The van der Waals surface area contributed by atoms with Gasteiger partial charge < -0.3 is 4.74 Å². The Bertz CT molecular complexity index is 1750. The molecule has 2 aromatic carbocycles. The van der Waals surface area contributed by atoms with Gasteiger partial charge in [0.15, 0.2) is 18.2 Å². The number of benzene rings is 2. The zero-order valence-electron chi connectivity index (χ0n) is 20.1. The molecular weight excluding hydrogens is 553 g/mol. The molecule has 4 rings (SSSR count). The zero-order chi connectivity index (χ0) is 28.8. The molecule has 0 aliphatic heterocycles. The normalized spacial score (nSPS) is 11.7. The van der Waals surface area contributed by atoms with Crippen molar-refractivity contribution < 1.29 is 31.5 Å². The molecule has 0 aliphatic rings. The predicted molar refractivity (Wildman–Crippen MR) is 130 cm³/mol. The van der Waals surface area contributed by atoms with E-state index < -0.39 is 53.1 Å². The van der Waals surface area contributed by atoms with Crippen molar-refractivity contribution in [2.45, 2.75) is 33.2 Å². The van der Waals surface area contributed by atoms with Crippen LogP contribution in [0.5, 0.6) is 0 Å². The van der Waals surface area contributed by atoms with E-state index in [1.165, 1.54) is 26.0 Å². The van der Waals surface area contributed by atoms with E-state index in [1.807, 2.05) is 0 Å². The predicted octanol–water partition coefficient (Wildman–Crippen LogP) is 4.32. The largest absolute Gasteiger partial charge is 0.490 e. The molecular formula is C24H17ClF5N5O4. The number of para-hydroxylation sites is 1. The molecule has 0 aliphatic carbocycles. The summed E-state index contributed by atoms with van der Waals surface area (Å²) in [4.78, 5) is 37.5. The summed E-state index contributed by atoms with van der Waals surface area (Å²) in [6, 6.07) is 5.57. The molecule has 15 heteroatoms. The van der Waals surface area contributed by atoms with E-state index in [0.717, 1.165) is 22.8 Å². The highest BCUT2D eigenvalue weighted by Gasteiger charge is 2.41. The van der Waals surface area contributed by atoms with Crippen LogP contribution in [0.1, 0.15) is 25.4 Å². The highest BCUT2D eigenvalue weighted by molar-refractivity contribution is 6.32. The molecule has 0 radical (unpaired) electrons. The van der Waals surface area contributed by atoms with Gasteiger partial charge >= 0.3 is 17.8 Å². The fourth-order valence-electron chi connectivity index (χ4n) is 3.80. The summed E-state index contributed by atoms with van der Waals surface area (Å²) in [6.07, 6.45) is -5.28. The first-order valence-electron chi connectivity index (χ1n) is 11.1. The maximum Gasteiger partial charge on any atom is 0.490 e. The molecule has 0 amide bonds. The van der Waals surface area contributed by atoms with Crippen LogP contribution in [0.4, 0.5) is 22.0 Å². The van der Waals surface area contributed by atoms with Gasteiger partial charge in [0.1, 0.15) is 17.2 Å². The molecule has 0 unspecified atom stereocenters. The number of rotatable bonds is 6. The molecule has 2 aromatic heterocycles. The zero-order valence-corrected chi connectivity index (χ0v) is 20.9. The van der Waals surface area contributed by atoms with E-state index in [2.05, 4.69) is 21.5 Å². The maximum atomic E-state index is 15.3. The number of hydrogen-bond donors (Lipinski definition) is 0. The quantitative estimate of drug-likeness (QED) is 0.253. The third kappa shape index (κ3) is 4.94. The van der Waals surface area contributed by atoms with Gasteiger partial charge in [-0.1, -0.05) is 24.2 Å². The van der Waals surface area contributed by atoms with Gasteiger partial charge in [0, 0.05) is 11.9 Å². The number of carbonyl (C=O) groups excluding carboxylic acids is 1. The Kier molecular flexibility index (Phi) is 7.17. The van der Waals surface area contributed by atoms with Crippen molar-refractivity contribution in [2.24, 2.45) is 0 Å². The minimum Gasteiger partial charge on any atom is -0.451 e. The van der Waals surface area contributed by atoms with Gasteiger partial charge in [-0.15, -0.1) is 5.10 Å². The third-order valence-electron chi connectivity index (χ3n) is 5.57.